The van der Waals surface area contributed by atoms with Gasteiger partial charge in [0.05, 0.1) is 17.4 Å². The molecular formula is C24H35N3O6S2. The number of rotatable bonds is 12. The summed E-state index contributed by atoms with van der Waals surface area (Å²) in [7, 11) is -3.02. The first kappa shape index (κ1) is 28.7. The molecule has 0 aliphatic heterocycles. The molecule has 0 saturated carbocycles. The van der Waals surface area contributed by atoms with Gasteiger partial charge in [-0.2, -0.15) is 4.28 Å². The van der Waals surface area contributed by atoms with Gasteiger partial charge in [-0.1, -0.05) is 32.9 Å². The minimum absolute atomic E-state index is 0.120. The number of amides is 1. The van der Waals surface area contributed by atoms with E-state index in [-0.39, 0.29) is 5.92 Å². The Morgan fingerprint density at radius 2 is 1.80 bits per heavy atom. The summed E-state index contributed by atoms with van der Waals surface area (Å²) in [5.41, 5.74) is 3.92. The highest BCUT2D eigenvalue weighted by molar-refractivity contribution is 7.67. The molecule has 2 aromatic rings. The fraction of sp³-hybridized carbons (Fsp3) is 0.542. The lowest BCUT2D eigenvalue weighted by Gasteiger charge is -2.26. The maximum Gasteiger partial charge on any atom is 0.319 e. The van der Waals surface area contributed by atoms with Crippen LogP contribution < -0.4 is 10.8 Å². The van der Waals surface area contributed by atoms with Crippen LogP contribution in [0, 0.1) is 11.8 Å². The second kappa shape index (κ2) is 13.0. The Labute approximate surface area is 212 Å². The Morgan fingerprint density at radius 3 is 2.31 bits per heavy atom. The van der Waals surface area contributed by atoms with E-state index >= 15 is 0 Å². The number of benzene rings is 1. The molecule has 0 aliphatic rings. The summed E-state index contributed by atoms with van der Waals surface area (Å²) in [6.07, 6.45) is 1.57. The van der Waals surface area contributed by atoms with Crippen molar-refractivity contribution in [2.45, 2.75) is 72.4 Å². The van der Waals surface area contributed by atoms with Crippen molar-refractivity contribution < 1.29 is 27.0 Å². The Bertz CT molecular complexity index is 1050. The highest BCUT2D eigenvalue weighted by atomic mass is 32.2. The third-order valence-corrected chi connectivity index (χ3v) is 6.14. The summed E-state index contributed by atoms with van der Waals surface area (Å²) < 4.78 is 31.1. The van der Waals surface area contributed by atoms with Gasteiger partial charge in [0.15, 0.2) is 0 Å². The molecule has 0 aliphatic carbocycles. The van der Waals surface area contributed by atoms with E-state index in [4.69, 9.17) is 4.74 Å². The highest BCUT2D eigenvalue weighted by Crippen LogP contribution is 2.26. The molecule has 1 heterocycles. The smallest absolute Gasteiger partial charge is 0.319 e. The molecule has 0 bridgehead atoms. The molecule has 0 fully saturated rings. The van der Waals surface area contributed by atoms with Crippen LogP contribution in [0.2, 0.25) is 0 Å². The fourth-order valence-electron chi connectivity index (χ4n) is 3.31. The molecule has 1 amide bonds. The molecule has 35 heavy (non-hydrogen) atoms. The van der Waals surface area contributed by atoms with E-state index in [1.165, 1.54) is 11.3 Å². The van der Waals surface area contributed by atoms with Crippen molar-refractivity contribution in [3.05, 3.63) is 45.9 Å². The van der Waals surface area contributed by atoms with Crippen LogP contribution in [-0.4, -0.2) is 30.9 Å². The zero-order valence-electron chi connectivity index (χ0n) is 21.0. The van der Waals surface area contributed by atoms with Crippen molar-refractivity contribution in [3.63, 3.8) is 0 Å². The van der Waals surface area contributed by atoms with Gasteiger partial charge in [-0.05, 0) is 63.6 Å². The van der Waals surface area contributed by atoms with Crippen molar-refractivity contribution in [1.82, 2.24) is 10.3 Å². The van der Waals surface area contributed by atoms with E-state index < -0.39 is 40.4 Å². The molecule has 2 N–H and O–H groups in total. The highest BCUT2D eigenvalue weighted by Gasteiger charge is 2.33. The number of aryl methyl sites for hydroxylation is 1. The molecule has 0 saturated heterocycles. The molecule has 1 aromatic heterocycles. The molecule has 9 nitrogen and oxygen atoms in total. The van der Waals surface area contributed by atoms with Crippen LogP contribution in [0.4, 0.5) is 5.69 Å². The maximum absolute atomic E-state index is 13.3. The lowest BCUT2D eigenvalue weighted by molar-refractivity contribution is -0.163. The van der Waals surface area contributed by atoms with Crippen LogP contribution in [0.1, 0.15) is 70.3 Å². The Balaban J connectivity index is 2.26. The quantitative estimate of drug-likeness (QED) is 0.165. The molecule has 11 heteroatoms. The van der Waals surface area contributed by atoms with Crippen molar-refractivity contribution in [2.24, 2.45) is 11.8 Å². The first-order valence-electron chi connectivity index (χ1n) is 11.5. The van der Waals surface area contributed by atoms with Crippen molar-refractivity contribution in [1.29, 1.82) is 0 Å². The lowest BCUT2D eigenvalue weighted by atomic mass is 9.95. The van der Waals surface area contributed by atoms with Crippen LogP contribution in [0.5, 0.6) is 0 Å². The minimum atomic E-state index is -3.02. The predicted molar refractivity (Wildman–Crippen MR) is 136 cm³/mol. The van der Waals surface area contributed by atoms with Crippen LogP contribution in [0.25, 0.3) is 0 Å². The summed E-state index contributed by atoms with van der Waals surface area (Å²) in [5.74, 6) is -1.74. The number of hydrogen-bond acceptors (Lipinski definition) is 9. The zero-order chi connectivity index (χ0) is 26.2. The van der Waals surface area contributed by atoms with Gasteiger partial charge < -0.3 is 10.1 Å². The summed E-state index contributed by atoms with van der Waals surface area (Å²) >= 11 is 1.46. The van der Waals surface area contributed by atoms with Gasteiger partial charge in [0, 0.05) is 5.38 Å². The van der Waals surface area contributed by atoms with Gasteiger partial charge in [0.2, 0.25) is 5.91 Å². The SMILES string of the molecule is CCc1csc([C@H](Cc2ccc(NO[SH](=O)=O)cc2)NC(=O)[C@H](CC(C)C)C(=O)OC(C)(C)C)n1. The van der Waals surface area contributed by atoms with E-state index in [1.807, 2.05) is 26.2 Å². The summed E-state index contributed by atoms with van der Waals surface area (Å²) in [6, 6.07) is 6.51. The first-order chi connectivity index (χ1) is 16.4. The maximum atomic E-state index is 13.3. The van der Waals surface area contributed by atoms with Gasteiger partial charge in [-0.15, -0.1) is 11.3 Å². The van der Waals surface area contributed by atoms with Crippen LogP contribution >= 0.6 is 11.3 Å². The number of esters is 1. The molecule has 194 valence electrons. The molecule has 2 rings (SSSR count). The Hall–Kier alpha value is -2.50. The Kier molecular flexibility index (Phi) is 10.7. The topological polar surface area (TPSA) is 124 Å². The van der Waals surface area contributed by atoms with E-state index in [0.717, 1.165) is 22.7 Å². The van der Waals surface area contributed by atoms with E-state index in [9.17, 15) is 18.0 Å². The van der Waals surface area contributed by atoms with Gasteiger partial charge in [-0.3, -0.25) is 9.59 Å². The number of carbonyl (C=O) groups is 2. The van der Waals surface area contributed by atoms with Crippen molar-refractivity contribution in [3.8, 4) is 0 Å². The standard InChI is InChI=1S/C24H35N3O6S2/c1-7-17-14-34-22(25-17)20(13-16-8-10-18(11-9-16)27-33-35(30)31)26-21(28)19(12-15(2)3)23(29)32-24(4,5)6/h8-11,14-15,19-20,27,35H,7,12-13H2,1-6H3,(H,26,28)/t19-,20-/m0/s1. The number of carbonyl (C=O) groups excluding carboxylic acids is 2. The van der Waals surface area contributed by atoms with Crippen LogP contribution in [0.3, 0.4) is 0 Å². The largest absolute Gasteiger partial charge is 0.459 e. The molecule has 1 aromatic carbocycles. The van der Waals surface area contributed by atoms with E-state index in [0.29, 0.717) is 18.5 Å². The second-order valence-electron chi connectivity index (χ2n) is 9.63. The predicted octanol–water partition coefficient (Wildman–Crippen LogP) is 3.98. The number of nitrogens with one attached hydrogen (secondary N) is 2. The van der Waals surface area contributed by atoms with E-state index in [2.05, 4.69) is 20.1 Å². The average Bonchev–Trinajstić information content (AvgIpc) is 3.24. The number of aromatic nitrogens is 1. The number of thiol groups is 1. The number of anilines is 1. The number of hydrogen-bond donors (Lipinski definition) is 3. The fourth-order valence-corrected chi connectivity index (χ4v) is 4.44. The Morgan fingerprint density at radius 1 is 1.14 bits per heavy atom. The lowest BCUT2D eigenvalue weighted by Crippen LogP contribution is -2.41. The summed E-state index contributed by atoms with van der Waals surface area (Å²) in [4.78, 5) is 30.8. The third kappa shape index (κ3) is 9.95. The number of ether oxygens (including phenoxy) is 1. The van der Waals surface area contributed by atoms with Crippen molar-refractivity contribution in [2.75, 3.05) is 5.48 Å². The normalized spacial score (nSPS) is 13.5. The molecule has 2 atom stereocenters. The van der Waals surface area contributed by atoms with Gasteiger partial charge >= 0.3 is 5.97 Å². The number of thiazole rings is 1. The summed E-state index contributed by atoms with van der Waals surface area (Å²) in [6.45, 7) is 11.3. The van der Waals surface area contributed by atoms with Gasteiger partial charge in [-0.25, -0.2) is 18.9 Å². The van der Waals surface area contributed by atoms with E-state index in [1.54, 1.807) is 45.0 Å². The molecule has 0 radical (unpaired) electrons. The van der Waals surface area contributed by atoms with Gasteiger partial charge in [0.1, 0.15) is 16.5 Å². The van der Waals surface area contributed by atoms with Gasteiger partial charge in [0.25, 0.3) is 11.0 Å². The van der Waals surface area contributed by atoms with Crippen molar-refractivity contribution >= 4 is 39.9 Å². The number of nitrogens with zero attached hydrogens (tertiary/aromatic N) is 1. The molecule has 0 spiro atoms. The minimum Gasteiger partial charge on any atom is -0.459 e. The molecular weight excluding hydrogens is 490 g/mol. The monoisotopic (exact) mass is 525 g/mol. The average molecular weight is 526 g/mol. The third-order valence-electron chi connectivity index (χ3n) is 4.89. The van der Waals surface area contributed by atoms with Crippen LogP contribution in [-0.2, 0) is 42.4 Å². The zero-order valence-corrected chi connectivity index (χ0v) is 22.7. The van der Waals surface area contributed by atoms with Crippen LogP contribution in [0.15, 0.2) is 29.6 Å². The first-order valence-corrected chi connectivity index (χ1v) is 13.5. The molecule has 0 unspecified atom stereocenters. The summed E-state index contributed by atoms with van der Waals surface area (Å²) in [5, 5.41) is 5.74. The second-order valence-corrected chi connectivity index (χ2v) is 11.1.